The van der Waals surface area contributed by atoms with E-state index in [9.17, 15) is 26.4 Å². The van der Waals surface area contributed by atoms with E-state index >= 15 is 0 Å². The van der Waals surface area contributed by atoms with Crippen LogP contribution >= 0.6 is 0 Å². The number of amides is 1. The molecule has 0 unspecified atom stereocenters. The standard InChI is InChI=1S/C24H25F3N6O4S/c1-14(2)37-20-11-8-15(13-29-20)17-10-9-16(22(30-17)33-12-4-5-18(33)24(25,26)27)23(34)32-38(35,36)21-7-3-6-19(28)31-21/h3,6-11,13-14,18H,4-5,12H2,1-2H3,(H2,28,31)(H,32,34)/t18-/m1/s1. The average Bonchev–Trinajstić information content (AvgIpc) is 3.34. The number of sulfonamides is 1. The van der Waals surface area contributed by atoms with Crippen LogP contribution in [0.15, 0.2) is 53.7 Å². The molecule has 1 amide bonds. The number of nitrogens with zero attached hydrogens (tertiary/aromatic N) is 4. The van der Waals surface area contributed by atoms with Gasteiger partial charge < -0.3 is 15.4 Å². The van der Waals surface area contributed by atoms with E-state index in [1.165, 1.54) is 30.5 Å². The molecule has 10 nitrogen and oxygen atoms in total. The number of alkyl halides is 3. The number of aromatic nitrogens is 3. The fourth-order valence-corrected chi connectivity index (χ4v) is 4.96. The molecular formula is C24H25F3N6O4S. The molecule has 1 saturated heterocycles. The molecule has 0 bridgehead atoms. The number of nitrogens with one attached hydrogen (secondary N) is 1. The molecule has 0 aromatic carbocycles. The zero-order valence-corrected chi connectivity index (χ0v) is 21.3. The zero-order valence-electron chi connectivity index (χ0n) is 20.4. The molecule has 0 radical (unpaired) electrons. The highest BCUT2D eigenvalue weighted by Crippen LogP contribution is 2.37. The predicted molar refractivity (Wildman–Crippen MR) is 133 cm³/mol. The molecule has 1 fully saturated rings. The van der Waals surface area contributed by atoms with Crippen molar-refractivity contribution in [3.63, 3.8) is 0 Å². The van der Waals surface area contributed by atoms with E-state index in [1.807, 2.05) is 18.6 Å². The van der Waals surface area contributed by atoms with Gasteiger partial charge in [-0.15, -0.1) is 0 Å². The lowest BCUT2D eigenvalue weighted by Crippen LogP contribution is -2.43. The molecule has 4 heterocycles. The average molecular weight is 551 g/mol. The van der Waals surface area contributed by atoms with E-state index in [-0.39, 0.29) is 48.4 Å². The minimum absolute atomic E-state index is 0.0240. The van der Waals surface area contributed by atoms with Crippen molar-refractivity contribution >= 4 is 27.6 Å². The molecule has 3 aromatic heterocycles. The Hall–Kier alpha value is -3.94. The van der Waals surface area contributed by atoms with E-state index in [2.05, 4.69) is 15.0 Å². The SMILES string of the molecule is CC(C)Oc1ccc(-c2ccc(C(=O)NS(=O)(=O)c3cccc(N)n3)c(N3CCC[C@@H]3C(F)(F)F)n2)cn1. The summed E-state index contributed by atoms with van der Waals surface area (Å²) in [6.45, 7) is 3.65. The van der Waals surface area contributed by atoms with Gasteiger partial charge in [-0.2, -0.15) is 21.6 Å². The number of anilines is 2. The third-order valence-corrected chi connectivity index (χ3v) is 6.89. The number of hydrogen-bond donors (Lipinski definition) is 2. The van der Waals surface area contributed by atoms with Crippen molar-refractivity contribution in [1.82, 2.24) is 19.7 Å². The predicted octanol–water partition coefficient (Wildman–Crippen LogP) is 3.56. The summed E-state index contributed by atoms with van der Waals surface area (Å²) in [5.41, 5.74) is 5.91. The zero-order chi connectivity index (χ0) is 27.7. The first-order chi connectivity index (χ1) is 17.8. The maximum atomic E-state index is 13.8. The Morgan fingerprint density at radius 1 is 1.16 bits per heavy atom. The van der Waals surface area contributed by atoms with E-state index in [0.717, 1.165) is 11.0 Å². The number of nitrogen functional groups attached to an aromatic ring is 1. The number of halogens is 3. The third-order valence-electron chi connectivity index (χ3n) is 5.66. The van der Waals surface area contributed by atoms with Gasteiger partial charge in [0, 0.05) is 24.4 Å². The first-order valence-electron chi connectivity index (χ1n) is 11.6. The Morgan fingerprint density at radius 3 is 2.55 bits per heavy atom. The maximum Gasteiger partial charge on any atom is 0.408 e. The quantitative estimate of drug-likeness (QED) is 0.452. The van der Waals surface area contributed by atoms with Crippen molar-refractivity contribution in [2.45, 2.75) is 50.0 Å². The monoisotopic (exact) mass is 550 g/mol. The van der Waals surface area contributed by atoms with Gasteiger partial charge in [-0.05, 0) is 57.0 Å². The van der Waals surface area contributed by atoms with Gasteiger partial charge >= 0.3 is 6.18 Å². The first-order valence-corrected chi connectivity index (χ1v) is 13.1. The van der Waals surface area contributed by atoms with Crippen LogP contribution in [-0.4, -0.2) is 54.1 Å². The summed E-state index contributed by atoms with van der Waals surface area (Å²) in [7, 11) is -4.47. The molecule has 14 heteroatoms. The van der Waals surface area contributed by atoms with E-state index in [4.69, 9.17) is 10.5 Å². The van der Waals surface area contributed by atoms with Crippen LogP contribution in [0.2, 0.25) is 0 Å². The number of ether oxygens (including phenoxy) is 1. The largest absolute Gasteiger partial charge is 0.475 e. The lowest BCUT2D eigenvalue weighted by Gasteiger charge is -2.29. The second-order valence-electron chi connectivity index (χ2n) is 8.85. The number of pyridine rings is 3. The fraction of sp³-hybridized carbons (Fsp3) is 0.333. The van der Waals surface area contributed by atoms with Crippen LogP contribution in [0, 0.1) is 0 Å². The molecule has 1 aliphatic heterocycles. The van der Waals surface area contributed by atoms with Crippen LogP contribution in [0.5, 0.6) is 5.88 Å². The smallest absolute Gasteiger partial charge is 0.408 e. The van der Waals surface area contributed by atoms with Crippen LogP contribution < -0.4 is 20.1 Å². The van der Waals surface area contributed by atoms with Crippen molar-refractivity contribution in [2.24, 2.45) is 0 Å². The molecule has 38 heavy (non-hydrogen) atoms. The Balaban J connectivity index is 1.74. The van der Waals surface area contributed by atoms with Crippen LogP contribution in [0.4, 0.5) is 24.8 Å². The molecule has 3 N–H and O–H groups in total. The topological polar surface area (TPSA) is 140 Å². The molecule has 0 aliphatic carbocycles. The van der Waals surface area contributed by atoms with Gasteiger partial charge in [0.25, 0.3) is 15.9 Å². The summed E-state index contributed by atoms with van der Waals surface area (Å²) >= 11 is 0. The summed E-state index contributed by atoms with van der Waals surface area (Å²) in [6.07, 6.45) is -3.22. The number of carbonyl (C=O) groups is 1. The number of hydrogen-bond acceptors (Lipinski definition) is 9. The second-order valence-corrected chi connectivity index (χ2v) is 10.5. The van der Waals surface area contributed by atoms with Crippen LogP contribution in [0.3, 0.4) is 0 Å². The van der Waals surface area contributed by atoms with Gasteiger partial charge in [0.1, 0.15) is 17.7 Å². The summed E-state index contributed by atoms with van der Waals surface area (Å²) in [5, 5.41) is -0.513. The molecule has 1 aliphatic rings. The van der Waals surface area contributed by atoms with Gasteiger partial charge in [-0.1, -0.05) is 6.07 Å². The van der Waals surface area contributed by atoms with E-state index in [1.54, 1.807) is 12.1 Å². The minimum Gasteiger partial charge on any atom is -0.475 e. The molecule has 0 spiro atoms. The molecule has 3 aromatic rings. The summed E-state index contributed by atoms with van der Waals surface area (Å²) in [4.78, 5) is 26.4. The number of carbonyl (C=O) groups excluding carboxylic acids is 1. The minimum atomic E-state index is -4.59. The van der Waals surface area contributed by atoms with Crippen molar-refractivity contribution in [3.05, 3.63) is 54.2 Å². The third kappa shape index (κ3) is 5.96. The number of rotatable bonds is 7. The Morgan fingerprint density at radius 2 is 1.92 bits per heavy atom. The summed E-state index contributed by atoms with van der Waals surface area (Å²) in [5.74, 6) is -1.18. The van der Waals surface area contributed by atoms with Gasteiger partial charge in [-0.3, -0.25) is 4.79 Å². The molecule has 1 atom stereocenters. The van der Waals surface area contributed by atoms with Crippen molar-refractivity contribution in [3.8, 4) is 17.1 Å². The lowest BCUT2D eigenvalue weighted by atomic mass is 10.1. The van der Waals surface area contributed by atoms with Gasteiger partial charge in [0.2, 0.25) is 5.88 Å². The summed E-state index contributed by atoms with van der Waals surface area (Å²) < 4.78 is 74.3. The fourth-order valence-electron chi connectivity index (χ4n) is 4.02. The Kier molecular flexibility index (Phi) is 7.44. The van der Waals surface area contributed by atoms with Gasteiger partial charge in [0.15, 0.2) is 5.03 Å². The highest BCUT2D eigenvalue weighted by atomic mass is 32.2. The van der Waals surface area contributed by atoms with Crippen molar-refractivity contribution in [2.75, 3.05) is 17.2 Å². The Bertz CT molecular complexity index is 1430. The molecular weight excluding hydrogens is 525 g/mol. The highest BCUT2D eigenvalue weighted by Gasteiger charge is 2.47. The highest BCUT2D eigenvalue weighted by molar-refractivity contribution is 7.90. The van der Waals surface area contributed by atoms with E-state index in [0.29, 0.717) is 11.4 Å². The Labute approximate surface area is 217 Å². The van der Waals surface area contributed by atoms with Gasteiger partial charge in [-0.25, -0.2) is 19.7 Å². The molecule has 202 valence electrons. The van der Waals surface area contributed by atoms with Crippen molar-refractivity contribution < 1.29 is 31.1 Å². The normalized spacial score (nSPS) is 16.1. The molecule has 4 rings (SSSR count). The van der Waals surface area contributed by atoms with Gasteiger partial charge in [0.05, 0.1) is 17.4 Å². The van der Waals surface area contributed by atoms with Crippen molar-refractivity contribution in [1.29, 1.82) is 0 Å². The first kappa shape index (κ1) is 27.1. The summed E-state index contributed by atoms with van der Waals surface area (Å²) in [6, 6.07) is 7.82. The lowest BCUT2D eigenvalue weighted by molar-refractivity contribution is -0.146. The maximum absolute atomic E-state index is 13.8. The van der Waals surface area contributed by atoms with Crippen LogP contribution in [0.1, 0.15) is 37.0 Å². The molecule has 0 saturated carbocycles. The van der Waals surface area contributed by atoms with Crippen LogP contribution in [0.25, 0.3) is 11.3 Å². The van der Waals surface area contributed by atoms with E-state index < -0.39 is 33.2 Å². The van der Waals surface area contributed by atoms with Crippen LogP contribution in [-0.2, 0) is 10.0 Å². The number of nitrogens with two attached hydrogens (primary N) is 1. The second kappa shape index (κ2) is 10.4.